The first kappa shape index (κ1) is 13.1. The smallest absolute Gasteiger partial charge is 0.0552 e. The summed E-state index contributed by atoms with van der Waals surface area (Å²) in [5.41, 5.74) is 1.59. The number of aliphatic hydroxyl groups is 1. The van der Waals surface area contributed by atoms with Gasteiger partial charge in [-0.3, -0.25) is 0 Å². The zero-order valence-electron chi connectivity index (χ0n) is 11.5. The zero-order valence-corrected chi connectivity index (χ0v) is 11.5. The van der Waals surface area contributed by atoms with Crippen molar-refractivity contribution in [2.45, 2.75) is 46.1 Å². The average Bonchev–Trinajstić information content (AvgIpc) is 2.72. The van der Waals surface area contributed by atoms with Crippen LogP contribution in [0.2, 0.25) is 0 Å². The van der Waals surface area contributed by atoms with Crippen LogP contribution in [0.25, 0.3) is 0 Å². The summed E-state index contributed by atoms with van der Waals surface area (Å²) in [5.74, 6) is 2.07. The maximum Gasteiger partial charge on any atom is 0.0552 e. The predicted molar refractivity (Wildman–Crippen MR) is 71.9 cm³/mol. The van der Waals surface area contributed by atoms with Crippen LogP contribution in [0.5, 0.6) is 0 Å². The largest absolute Gasteiger partial charge is 0.393 e. The van der Waals surface area contributed by atoms with Gasteiger partial charge >= 0.3 is 0 Å². The van der Waals surface area contributed by atoms with Crippen LogP contribution in [0.3, 0.4) is 0 Å². The third-order valence-electron chi connectivity index (χ3n) is 4.81. The van der Waals surface area contributed by atoms with Crippen molar-refractivity contribution in [3.05, 3.63) is 11.6 Å². The lowest BCUT2D eigenvalue weighted by molar-refractivity contribution is 0.124. The van der Waals surface area contributed by atoms with Gasteiger partial charge in [-0.1, -0.05) is 18.6 Å². The van der Waals surface area contributed by atoms with Crippen molar-refractivity contribution in [3.63, 3.8) is 0 Å². The van der Waals surface area contributed by atoms with E-state index in [1.165, 1.54) is 32.4 Å². The van der Waals surface area contributed by atoms with Crippen molar-refractivity contribution in [1.82, 2.24) is 4.90 Å². The molecule has 2 heteroatoms. The molecule has 0 bridgehead atoms. The second-order valence-corrected chi connectivity index (χ2v) is 6.16. The van der Waals surface area contributed by atoms with E-state index in [1.54, 1.807) is 5.57 Å². The molecule has 98 valence electrons. The van der Waals surface area contributed by atoms with Crippen molar-refractivity contribution >= 4 is 0 Å². The number of aliphatic hydroxyl groups excluding tert-OH is 1. The molecule has 1 aliphatic carbocycles. The molecule has 17 heavy (non-hydrogen) atoms. The summed E-state index contributed by atoms with van der Waals surface area (Å²) in [5, 5.41) is 9.64. The highest BCUT2D eigenvalue weighted by Crippen LogP contribution is 2.32. The van der Waals surface area contributed by atoms with Crippen LogP contribution in [-0.2, 0) is 0 Å². The number of likely N-dealkylation sites (tertiary alicyclic amines) is 1. The first-order chi connectivity index (χ1) is 8.08. The van der Waals surface area contributed by atoms with Crippen molar-refractivity contribution in [2.24, 2.45) is 17.8 Å². The lowest BCUT2D eigenvalue weighted by atomic mass is 9.80. The topological polar surface area (TPSA) is 23.5 Å². The van der Waals surface area contributed by atoms with E-state index in [2.05, 4.69) is 24.8 Å². The van der Waals surface area contributed by atoms with E-state index in [1.807, 2.05) is 6.92 Å². The number of hydrogen-bond donors (Lipinski definition) is 1. The first-order valence-electron chi connectivity index (χ1n) is 7.15. The molecule has 1 saturated heterocycles. The average molecular weight is 237 g/mol. The Morgan fingerprint density at radius 1 is 1.47 bits per heavy atom. The van der Waals surface area contributed by atoms with Gasteiger partial charge in [0.05, 0.1) is 6.10 Å². The molecule has 2 aliphatic rings. The van der Waals surface area contributed by atoms with E-state index in [-0.39, 0.29) is 6.10 Å². The molecule has 0 aromatic carbocycles. The van der Waals surface area contributed by atoms with E-state index < -0.39 is 0 Å². The van der Waals surface area contributed by atoms with Gasteiger partial charge in [0, 0.05) is 13.1 Å². The third-order valence-corrected chi connectivity index (χ3v) is 4.81. The summed E-state index contributed by atoms with van der Waals surface area (Å²) < 4.78 is 0. The fraction of sp³-hybridized carbons (Fsp3) is 0.867. The van der Waals surface area contributed by atoms with Crippen molar-refractivity contribution in [2.75, 3.05) is 19.6 Å². The molecule has 0 aromatic rings. The van der Waals surface area contributed by atoms with Crippen LogP contribution in [-0.4, -0.2) is 35.7 Å². The fourth-order valence-electron chi connectivity index (χ4n) is 3.40. The lowest BCUT2D eigenvalue weighted by Gasteiger charge is -2.32. The van der Waals surface area contributed by atoms with Gasteiger partial charge in [-0.15, -0.1) is 0 Å². The quantitative estimate of drug-likeness (QED) is 0.763. The standard InChI is InChI=1S/C15H27NO/c1-11-5-4-6-12(2)15(11)10-16-8-7-14(9-16)13(3)17/h5,12-15,17H,4,6-10H2,1-3H3. The van der Waals surface area contributed by atoms with Crippen molar-refractivity contribution in [3.8, 4) is 0 Å². The summed E-state index contributed by atoms with van der Waals surface area (Å²) in [6.07, 6.45) is 6.06. The van der Waals surface area contributed by atoms with Gasteiger partial charge in [0.2, 0.25) is 0 Å². The second-order valence-electron chi connectivity index (χ2n) is 6.16. The van der Waals surface area contributed by atoms with Gasteiger partial charge in [-0.25, -0.2) is 0 Å². The minimum atomic E-state index is -0.139. The van der Waals surface area contributed by atoms with Crippen LogP contribution in [0.15, 0.2) is 11.6 Å². The van der Waals surface area contributed by atoms with Crippen LogP contribution < -0.4 is 0 Å². The molecule has 0 radical (unpaired) electrons. The maximum atomic E-state index is 9.64. The Bertz CT molecular complexity index is 285. The molecule has 4 unspecified atom stereocenters. The van der Waals surface area contributed by atoms with E-state index in [0.29, 0.717) is 5.92 Å². The Hall–Kier alpha value is -0.340. The van der Waals surface area contributed by atoms with Gasteiger partial charge < -0.3 is 10.0 Å². The van der Waals surface area contributed by atoms with Gasteiger partial charge in [0.15, 0.2) is 0 Å². The molecule has 0 spiro atoms. The minimum Gasteiger partial charge on any atom is -0.393 e. The number of nitrogens with zero attached hydrogens (tertiary/aromatic N) is 1. The van der Waals surface area contributed by atoms with Crippen molar-refractivity contribution in [1.29, 1.82) is 0 Å². The number of hydrogen-bond acceptors (Lipinski definition) is 2. The number of allylic oxidation sites excluding steroid dienone is 1. The molecule has 1 aliphatic heterocycles. The summed E-state index contributed by atoms with van der Waals surface area (Å²) in [4.78, 5) is 2.56. The highest BCUT2D eigenvalue weighted by molar-refractivity contribution is 5.09. The summed E-state index contributed by atoms with van der Waals surface area (Å²) in [6.45, 7) is 10.1. The third kappa shape index (κ3) is 3.11. The predicted octanol–water partition coefficient (Wildman–Crippen LogP) is 2.68. The second kappa shape index (κ2) is 5.53. The Morgan fingerprint density at radius 3 is 2.82 bits per heavy atom. The van der Waals surface area contributed by atoms with Gasteiger partial charge in [0.1, 0.15) is 0 Å². The molecule has 2 nitrogen and oxygen atoms in total. The molecule has 1 N–H and O–H groups in total. The molecular formula is C15H27NO. The summed E-state index contributed by atoms with van der Waals surface area (Å²) in [7, 11) is 0. The molecule has 0 saturated carbocycles. The monoisotopic (exact) mass is 237 g/mol. The van der Waals surface area contributed by atoms with Crippen LogP contribution in [0, 0.1) is 17.8 Å². The van der Waals surface area contributed by atoms with Crippen LogP contribution in [0.1, 0.15) is 40.0 Å². The molecule has 4 atom stereocenters. The molecule has 0 amide bonds. The van der Waals surface area contributed by atoms with E-state index in [4.69, 9.17) is 0 Å². The summed E-state index contributed by atoms with van der Waals surface area (Å²) in [6, 6.07) is 0. The molecule has 1 heterocycles. The Labute approximate surface area is 106 Å². The molecule has 2 rings (SSSR count). The van der Waals surface area contributed by atoms with E-state index in [9.17, 15) is 5.11 Å². The van der Waals surface area contributed by atoms with Crippen molar-refractivity contribution < 1.29 is 5.11 Å². The number of rotatable bonds is 3. The lowest BCUT2D eigenvalue weighted by Crippen LogP contribution is -2.33. The normalized spacial score (nSPS) is 36.9. The fourth-order valence-corrected chi connectivity index (χ4v) is 3.40. The minimum absolute atomic E-state index is 0.139. The Morgan fingerprint density at radius 2 is 2.24 bits per heavy atom. The highest BCUT2D eigenvalue weighted by Gasteiger charge is 2.30. The SMILES string of the molecule is CC1=CCCC(C)C1CN1CCC(C(C)O)C1. The van der Waals surface area contributed by atoms with Gasteiger partial charge in [-0.2, -0.15) is 0 Å². The van der Waals surface area contributed by atoms with E-state index in [0.717, 1.165) is 18.4 Å². The van der Waals surface area contributed by atoms with Crippen LogP contribution >= 0.6 is 0 Å². The van der Waals surface area contributed by atoms with Gasteiger partial charge in [0.25, 0.3) is 0 Å². The first-order valence-corrected chi connectivity index (χ1v) is 7.15. The van der Waals surface area contributed by atoms with Crippen LogP contribution in [0.4, 0.5) is 0 Å². The Kier molecular flexibility index (Phi) is 4.26. The highest BCUT2D eigenvalue weighted by atomic mass is 16.3. The zero-order chi connectivity index (χ0) is 12.4. The molecule has 1 fully saturated rings. The summed E-state index contributed by atoms with van der Waals surface area (Å²) >= 11 is 0. The van der Waals surface area contributed by atoms with Gasteiger partial charge in [-0.05, 0) is 57.4 Å². The maximum absolute atomic E-state index is 9.64. The molecule has 0 aromatic heterocycles. The molecular weight excluding hydrogens is 210 g/mol. The Balaban J connectivity index is 1.89. The van der Waals surface area contributed by atoms with E-state index >= 15 is 0 Å².